The van der Waals surface area contributed by atoms with Gasteiger partial charge in [0.15, 0.2) is 0 Å². The second-order valence-corrected chi connectivity index (χ2v) is 7.96. The van der Waals surface area contributed by atoms with Crippen molar-refractivity contribution in [2.45, 2.75) is 44.8 Å². The van der Waals surface area contributed by atoms with Gasteiger partial charge in [0.25, 0.3) is 5.91 Å². The summed E-state index contributed by atoms with van der Waals surface area (Å²) in [4.78, 5) is 44.8. The molecule has 2 aliphatic rings. The first kappa shape index (κ1) is 20.2. The number of rotatable bonds is 7. The van der Waals surface area contributed by atoms with E-state index in [2.05, 4.69) is 15.4 Å². The van der Waals surface area contributed by atoms with Crippen LogP contribution < -0.4 is 5.32 Å². The first-order valence-electron chi connectivity index (χ1n) is 10.6. The van der Waals surface area contributed by atoms with Gasteiger partial charge in [-0.05, 0) is 37.5 Å². The Labute approximate surface area is 175 Å². The largest absolute Gasteiger partial charge is 0.357 e. The Balaban J connectivity index is 1.36. The third kappa shape index (κ3) is 3.96. The van der Waals surface area contributed by atoms with E-state index in [0.29, 0.717) is 25.2 Å². The number of carbonyl (C=O) groups excluding carboxylic acids is 3. The van der Waals surface area contributed by atoms with Crippen molar-refractivity contribution in [3.05, 3.63) is 42.5 Å². The molecular weight excluding hydrogens is 384 g/mol. The fourth-order valence-electron chi connectivity index (χ4n) is 4.71. The first-order valence-corrected chi connectivity index (χ1v) is 10.6. The van der Waals surface area contributed by atoms with Crippen LogP contribution in [0.5, 0.6) is 0 Å². The van der Waals surface area contributed by atoms with E-state index in [1.54, 1.807) is 29.4 Å². The molecule has 4 rings (SSSR count). The van der Waals surface area contributed by atoms with E-state index < -0.39 is 0 Å². The monoisotopic (exact) mass is 412 g/mol. The second kappa shape index (κ2) is 8.73. The number of carbonyl (C=O) groups is 3. The standard InChI is InChI=1S/C21H28N6O3/c1-2-18-16(20(29)23-8-4-10-26-11-5-9-24-26)12-15-13-25(14-19(28)27(15)18)21(30)17-6-3-7-22-17/h3,5-7,9,11,15-16,18,22H,2,4,8,10,12-14H2,1H3,(H,23,29)/t15-,16-,18-/m1/s1. The summed E-state index contributed by atoms with van der Waals surface area (Å²) >= 11 is 0. The first-order chi connectivity index (χ1) is 14.6. The van der Waals surface area contributed by atoms with E-state index in [0.717, 1.165) is 19.4 Å². The van der Waals surface area contributed by atoms with Crippen LogP contribution in [0, 0.1) is 5.92 Å². The third-order valence-corrected chi connectivity index (χ3v) is 6.08. The lowest BCUT2D eigenvalue weighted by Gasteiger charge is -2.39. The number of aromatic nitrogens is 3. The minimum atomic E-state index is -0.241. The van der Waals surface area contributed by atoms with Crippen molar-refractivity contribution in [1.82, 2.24) is 29.9 Å². The SMILES string of the molecule is CC[C@@H]1[C@H](C(=O)NCCCn2cccn2)C[C@@H]2CN(C(=O)c3ccc[nH]3)CC(=O)N21. The molecule has 0 spiro atoms. The van der Waals surface area contributed by atoms with Crippen LogP contribution in [-0.2, 0) is 16.1 Å². The van der Waals surface area contributed by atoms with Crippen molar-refractivity contribution >= 4 is 17.7 Å². The van der Waals surface area contributed by atoms with Crippen LogP contribution >= 0.6 is 0 Å². The highest BCUT2D eigenvalue weighted by Gasteiger charge is 2.49. The van der Waals surface area contributed by atoms with E-state index in [1.165, 1.54) is 0 Å². The molecule has 0 radical (unpaired) electrons. The van der Waals surface area contributed by atoms with Gasteiger partial charge in [0.05, 0.1) is 12.0 Å². The number of aryl methyl sites for hydroxylation is 1. The molecule has 2 saturated heterocycles. The van der Waals surface area contributed by atoms with Crippen LogP contribution in [0.3, 0.4) is 0 Å². The molecule has 3 amide bonds. The van der Waals surface area contributed by atoms with Crippen LogP contribution in [0.2, 0.25) is 0 Å². The number of nitrogens with zero attached hydrogens (tertiary/aromatic N) is 4. The predicted octanol–water partition coefficient (Wildman–Crippen LogP) is 0.869. The molecule has 2 N–H and O–H groups in total. The highest BCUT2D eigenvalue weighted by molar-refractivity contribution is 5.96. The van der Waals surface area contributed by atoms with Crippen molar-refractivity contribution in [2.75, 3.05) is 19.6 Å². The molecule has 0 saturated carbocycles. The van der Waals surface area contributed by atoms with E-state index in [-0.39, 0.29) is 42.3 Å². The zero-order valence-electron chi connectivity index (χ0n) is 17.2. The molecule has 160 valence electrons. The Bertz CT molecular complexity index is 879. The molecule has 2 aliphatic heterocycles. The lowest BCUT2D eigenvalue weighted by Crippen LogP contribution is -2.57. The normalized spacial score (nSPS) is 23.5. The molecule has 2 aromatic heterocycles. The summed E-state index contributed by atoms with van der Waals surface area (Å²) in [5, 5.41) is 7.19. The average molecular weight is 412 g/mol. The van der Waals surface area contributed by atoms with Crippen molar-refractivity contribution < 1.29 is 14.4 Å². The van der Waals surface area contributed by atoms with Crippen molar-refractivity contribution in [3.63, 3.8) is 0 Å². The van der Waals surface area contributed by atoms with Crippen LogP contribution in [0.25, 0.3) is 0 Å². The molecule has 9 nitrogen and oxygen atoms in total. The lowest BCUT2D eigenvalue weighted by molar-refractivity contribution is -0.139. The summed E-state index contributed by atoms with van der Waals surface area (Å²) in [5.74, 6) is -0.500. The number of nitrogens with one attached hydrogen (secondary N) is 2. The average Bonchev–Trinajstić information content (AvgIpc) is 3.50. The molecule has 4 heterocycles. The van der Waals surface area contributed by atoms with Gasteiger partial charge >= 0.3 is 0 Å². The minimum absolute atomic E-state index is 0.00763. The van der Waals surface area contributed by atoms with Crippen molar-refractivity contribution in [2.24, 2.45) is 5.92 Å². The Morgan fingerprint density at radius 3 is 2.90 bits per heavy atom. The number of hydrogen-bond donors (Lipinski definition) is 2. The molecule has 9 heteroatoms. The number of H-pyrrole nitrogens is 1. The molecule has 2 aromatic rings. The lowest BCUT2D eigenvalue weighted by atomic mass is 9.96. The Hall–Kier alpha value is -3.10. The number of aromatic amines is 1. The highest BCUT2D eigenvalue weighted by atomic mass is 16.2. The van der Waals surface area contributed by atoms with Crippen LogP contribution in [0.1, 0.15) is 36.7 Å². The Morgan fingerprint density at radius 1 is 1.33 bits per heavy atom. The zero-order chi connectivity index (χ0) is 21.1. The second-order valence-electron chi connectivity index (χ2n) is 7.96. The van der Waals surface area contributed by atoms with Gasteiger partial charge in [-0.15, -0.1) is 0 Å². The quantitative estimate of drug-likeness (QED) is 0.659. The van der Waals surface area contributed by atoms with Crippen molar-refractivity contribution in [1.29, 1.82) is 0 Å². The summed E-state index contributed by atoms with van der Waals surface area (Å²) in [5.41, 5.74) is 0.479. The summed E-state index contributed by atoms with van der Waals surface area (Å²) in [7, 11) is 0. The minimum Gasteiger partial charge on any atom is -0.357 e. The van der Waals surface area contributed by atoms with Gasteiger partial charge in [0.2, 0.25) is 11.8 Å². The van der Waals surface area contributed by atoms with Crippen LogP contribution in [0.4, 0.5) is 0 Å². The number of amides is 3. The van der Waals surface area contributed by atoms with Gasteiger partial charge in [-0.1, -0.05) is 6.92 Å². The molecule has 0 aliphatic carbocycles. The van der Waals surface area contributed by atoms with Gasteiger partial charge in [-0.3, -0.25) is 19.1 Å². The maximum absolute atomic E-state index is 12.9. The van der Waals surface area contributed by atoms with E-state index in [9.17, 15) is 14.4 Å². The highest BCUT2D eigenvalue weighted by Crippen LogP contribution is 2.35. The number of hydrogen-bond acceptors (Lipinski definition) is 4. The number of fused-ring (bicyclic) bond motifs is 1. The van der Waals surface area contributed by atoms with Gasteiger partial charge in [0.1, 0.15) is 12.2 Å². The van der Waals surface area contributed by atoms with E-state index in [1.807, 2.05) is 28.8 Å². The fourth-order valence-corrected chi connectivity index (χ4v) is 4.71. The zero-order valence-corrected chi connectivity index (χ0v) is 17.2. The van der Waals surface area contributed by atoms with Gasteiger partial charge < -0.3 is 20.1 Å². The number of piperazine rings is 1. The van der Waals surface area contributed by atoms with E-state index >= 15 is 0 Å². The molecule has 30 heavy (non-hydrogen) atoms. The Kier molecular flexibility index (Phi) is 5.87. The third-order valence-electron chi connectivity index (χ3n) is 6.08. The summed E-state index contributed by atoms with van der Waals surface area (Å²) in [6.07, 6.45) is 7.43. The summed E-state index contributed by atoms with van der Waals surface area (Å²) < 4.78 is 1.84. The van der Waals surface area contributed by atoms with Gasteiger partial charge in [-0.25, -0.2) is 0 Å². The molecule has 3 atom stereocenters. The van der Waals surface area contributed by atoms with Crippen LogP contribution in [0.15, 0.2) is 36.8 Å². The van der Waals surface area contributed by atoms with Crippen LogP contribution in [-0.4, -0.2) is 74.0 Å². The molecule has 0 aromatic carbocycles. The fraction of sp³-hybridized carbons (Fsp3) is 0.524. The van der Waals surface area contributed by atoms with E-state index in [4.69, 9.17) is 0 Å². The molecule has 0 unspecified atom stereocenters. The Morgan fingerprint density at radius 2 is 2.20 bits per heavy atom. The maximum Gasteiger partial charge on any atom is 0.270 e. The molecule has 0 bridgehead atoms. The maximum atomic E-state index is 12.9. The molecular formula is C21H28N6O3. The smallest absolute Gasteiger partial charge is 0.270 e. The predicted molar refractivity (Wildman–Crippen MR) is 109 cm³/mol. The van der Waals surface area contributed by atoms with Crippen molar-refractivity contribution in [3.8, 4) is 0 Å². The van der Waals surface area contributed by atoms with Gasteiger partial charge in [0, 0.05) is 44.3 Å². The van der Waals surface area contributed by atoms with Gasteiger partial charge in [-0.2, -0.15) is 5.10 Å². The topological polar surface area (TPSA) is 103 Å². The summed E-state index contributed by atoms with van der Waals surface area (Å²) in [6, 6.07) is 5.12. The molecule has 2 fully saturated rings. The summed E-state index contributed by atoms with van der Waals surface area (Å²) in [6.45, 7) is 3.85.